The maximum absolute atomic E-state index is 13.6. The van der Waals surface area contributed by atoms with Crippen LogP contribution in [0, 0.1) is 5.92 Å². The monoisotopic (exact) mass is 560 g/mol. The zero-order valence-electron chi connectivity index (χ0n) is 25.8. The van der Waals surface area contributed by atoms with Gasteiger partial charge in [-0.25, -0.2) is 14.4 Å². The minimum atomic E-state index is -1.43. The fourth-order valence-electron chi connectivity index (χ4n) is 5.54. The fraction of sp³-hybridized carbons (Fsp3) is 0.735. The van der Waals surface area contributed by atoms with Gasteiger partial charge in [-0.1, -0.05) is 117 Å². The third kappa shape index (κ3) is 13.8. The van der Waals surface area contributed by atoms with E-state index in [4.69, 9.17) is 4.74 Å². The van der Waals surface area contributed by atoms with Crippen molar-refractivity contribution in [3.05, 3.63) is 34.9 Å². The molecule has 0 fully saturated rings. The van der Waals surface area contributed by atoms with Crippen molar-refractivity contribution in [2.75, 3.05) is 0 Å². The highest BCUT2D eigenvalue weighted by Gasteiger charge is 2.35. The van der Waals surface area contributed by atoms with E-state index in [1.165, 1.54) is 63.1 Å². The Kier molecular flexibility index (Phi) is 18.3. The third-order valence-electron chi connectivity index (χ3n) is 7.92. The van der Waals surface area contributed by atoms with E-state index in [1.54, 1.807) is 0 Å². The lowest BCUT2D eigenvalue weighted by Gasteiger charge is -2.35. The number of carboxylic acid groups (broad SMARTS) is 2. The maximum atomic E-state index is 13.6. The van der Waals surface area contributed by atoms with Crippen molar-refractivity contribution >= 4 is 17.9 Å². The summed E-state index contributed by atoms with van der Waals surface area (Å²) >= 11 is 0. The second kappa shape index (κ2) is 20.5. The first-order valence-electron chi connectivity index (χ1n) is 16.0. The first-order chi connectivity index (χ1) is 19.2. The molecule has 228 valence electrons. The van der Waals surface area contributed by atoms with Gasteiger partial charge in [0, 0.05) is 0 Å². The molecule has 0 aliphatic heterocycles. The van der Waals surface area contributed by atoms with Crippen molar-refractivity contribution in [3.8, 4) is 0 Å². The number of carbonyl (C=O) groups is 3. The Hall–Kier alpha value is -2.37. The highest BCUT2D eigenvalue weighted by Crippen LogP contribution is 2.34. The van der Waals surface area contributed by atoms with Gasteiger partial charge in [-0.2, -0.15) is 0 Å². The van der Waals surface area contributed by atoms with Crippen molar-refractivity contribution in [1.29, 1.82) is 0 Å². The molecule has 2 N–H and O–H groups in total. The van der Waals surface area contributed by atoms with E-state index in [-0.39, 0.29) is 5.56 Å². The van der Waals surface area contributed by atoms with Crippen LogP contribution in [0.3, 0.4) is 0 Å². The van der Waals surface area contributed by atoms with E-state index in [0.717, 1.165) is 77.0 Å². The van der Waals surface area contributed by atoms with Crippen LogP contribution in [0.25, 0.3) is 0 Å². The molecule has 0 heterocycles. The van der Waals surface area contributed by atoms with Crippen LogP contribution in [0.5, 0.6) is 0 Å². The molecule has 0 bridgehead atoms. The molecule has 40 heavy (non-hydrogen) atoms. The normalized spacial score (nSPS) is 11.6. The van der Waals surface area contributed by atoms with Crippen LogP contribution in [-0.4, -0.2) is 33.7 Å². The number of benzene rings is 1. The van der Waals surface area contributed by atoms with Crippen molar-refractivity contribution < 1.29 is 29.3 Å². The molecule has 0 radical (unpaired) electrons. The van der Waals surface area contributed by atoms with Crippen LogP contribution < -0.4 is 0 Å². The number of hydrogen-bond donors (Lipinski definition) is 2. The molecule has 0 saturated carbocycles. The Bertz CT molecular complexity index is 859. The van der Waals surface area contributed by atoms with Gasteiger partial charge in [-0.3, -0.25) is 0 Å². The van der Waals surface area contributed by atoms with Crippen LogP contribution in [0.15, 0.2) is 18.2 Å². The second-order valence-electron chi connectivity index (χ2n) is 11.9. The zero-order valence-corrected chi connectivity index (χ0v) is 25.8. The van der Waals surface area contributed by atoms with Gasteiger partial charge in [0.2, 0.25) is 0 Å². The quantitative estimate of drug-likeness (QED) is 0.0963. The minimum Gasteiger partial charge on any atom is -0.478 e. The molecule has 0 amide bonds. The Morgan fingerprint density at radius 3 is 1.57 bits per heavy atom. The summed E-state index contributed by atoms with van der Waals surface area (Å²) in [5, 5.41) is 19.4. The Balaban J connectivity index is 3.20. The van der Waals surface area contributed by atoms with Crippen molar-refractivity contribution in [1.82, 2.24) is 0 Å². The van der Waals surface area contributed by atoms with Gasteiger partial charge in [0.15, 0.2) is 0 Å². The molecule has 0 aromatic heterocycles. The molecule has 0 atom stereocenters. The first-order valence-corrected chi connectivity index (χ1v) is 16.0. The summed E-state index contributed by atoms with van der Waals surface area (Å²) in [6.45, 7) is 8.87. The maximum Gasteiger partial charge on any atom is 0.339 e. The van der Waals surface area contributed by atoms with Gasteiger partial charge in [-0.05, 0) is 56.6 Å². The molecule has 1 aromatic carbocycles. The number of ether oxygens (including phenoxy) is 1. The number of aromatic carboxylic acids is 2. The summed E-state index contributed by atoms with van der Waals surface area (Å²) in [6, 6.07) is 4.01. The van der Waals surface area contributed by atoms with Crippen LogP contribution >= 0.6 is 0 Å². The van der Waals surface area contributed by atoms with Gasteiger partial charge in [0.05, 0.1) is 16.7 Å². The summed E-state index contributed by atoms with van der Waals surface area (Å²) in [5.41, 5.74) is -1.74. The highest BCUT2D eigenvalue weighted by molar-refractivity contribution is 6.09. The summed E-state index contributed by atoms with van der Waals surface area (Å²) in [5.74, 6) is -2.87. The summed E-state index contributed by atoms with van der Waals surface area (Å²) in [4.78, 5) is 37.4. The van der Waals surface area contributed by atoms with Crippen molar-refractivity contribution in [2.24, 2.45) is 5.92 Å². The van der Waals surface area contributed by atoms with E-state index in [0.29, 0.717) is 5.92 Å². The molecular weight excluding hydrogens is 504 g/mol. The van der Waals surface area contributed by atoms with Gasteiger partial charge in [0.1, 0.15) is 5.60 Å². The molecule has 0 saturated heterocycles. The molecule has 0 aliphatic carbocycles. The third-order valence-corrected chi connectivity index (χ3v) is 7.92. The predicted molar refractivity (Wildman–Crippen MR) is 162 cm³/mol. The standard InChI is InChI=1S/C34H56O6/c1-5-7-9-11-13-17-24-34(25-18-14-12-10-8-6-2,26-19-15-16-21-27(3)4)40-33(39)29-23-20-22-28(31(35)36)30(29)32(37)38/h20,22-23,27H,5-19,21,24-26H2,1-4H3,(H,35,36)(H,37,38). The Morgan fingerprint density at radius 1 is 0.675 bits per heavy atom. The van der Waals surface area contributed by atoms with Gasteiger partial charge in [0.25, 0.3) is 0 Å². The van der Waals surface area contributed by atoms with Crippen molar-refractivity contribution in [3.63, 3.8) is 0 Å². The van der Waals surface area contributed by atoms with E-state index < -0.39 is 34.6 Å². The molecule has 1 rings (SSSR count). The van der Waals surface area contributed by atoms with Crippen LogP contribution in [0.1, 0.15) is 181 Å². The molecule has 0 unspecified atom stereocenters. The fourth-order valence-corrected chi connectivity index (χ4v) is 5.54. The van der Waals surface area contributed by atoms with Crippen LogP contribution in [0.4, 0.5) is 0 Å². The molecular formula is C34H56O6. The lowest BCUT2D eigenvalue weighted by molar-refractivity contribution is -0.0362. The molecule has 6 nitrogen and oxygen atoms in total. The Labute approximate surface area is 243 Å². The van der Waals surface area contributed by atoms with Crippen LogP contribution in [0.2, 0.25) is 0 Å². The summed E-state index contributed by atoms with van der Waals surface area (Å²) < 4.78 is 6.34. The number of esters is 1. The van der Waals surface area contributed by atoms with Crippen LogP contribution in [-0.2, 0) is 4.74 Å². The highest BCUT2D eigenvalue weighted by atomic mass is 16.6. The van der Waals surface area contributed by atoms with E-state index in [9.17, 15) is 24.6 Å². The SMILES string of the molecule is CCCCCCCCC(CCCCCCCC)(CCCCCC(C)C)OC(=O)c1cccc(C(=O)O)c1C(=O)O. The first kappa shape index (κ1) is 35.7. The second-order valence-corrected chi connectivity index (χ2v) is 11.9. The minimum absolute atomic E-state index is 0.178. The average molecular weight is 561 g/mol. The number of hydrogen-bond acceptors (Lipinski definition) is 4. The number of carboxylic acids is 2. The summed E-state index contributed by atoms with van der Waals surface area (Å²) in [7, 11) is 0. The van der Waals surface area contributed by atoms with E-state index in [2.05, 4.69) is 27.7 Å². The Morgan fingerprint density at radius 2 is 1.12 bits per heavy atom. The molecule has 6 heteroatoms. The number of rotatable bonds is 24. The molecule has 1 aromatic rings. The zero-order chi connectivity index (χ0) is 29.8. The molecule has 0 spiro atoms. The predicted octanol–water partition coefficient (Wildman–Crippen LogP) is 10.1. The van der Waals surface area contributed by atoms with E-state index in [1.807, 2.05) is 0 Å². The van der Waals surface area contributed by atoms with Gasteiger partial charge in [-0.15, -0.1) is 0 Å². The van der Waals surface area contributed by atoms with Gasteiger partial charge >= 0.3 is 17.9 Å². The average Bonchev–Trinajstić information content (AvgIpc) is 2.91. The van der Waals surface area contributed by atoms with Crippen molar-refractivity contribution in [2.45, 2.75) is 155 Å². The number of unbranched alkanes of at least 4 members (excludes halogenated alkanes) is 12. The largest absolute Gasteiger partial charge is 0.478 e. The topological polar surface area (TPSA) is 101 Å². The summed E-state index contributed by atoms with van der Waals surface area (Å²) in [6.07, 6.45) is 20.2. The van der Waals surface area contributed by atoms with Gasteiger partial charge < -0.3 is 14.9 Å². The smallest absolute Gasteiger partial charge is 0.339 e. The number of carbonyl (C=O) groups excluding carboxylic acids is 1. The lowest BCUT2D eigenvalue weighted by atomic mass is 9.84. The lowest BCUT2D eigenvalue weighted by Crippen LogP contribution is -2.36. The van der Waals surface area contributed by atoms with E-state index >= 15 is 0 Å². The molecule has 0 aliphatic rings.